The first-order valence-corrected chi connectivity index (χ1v) is 10.2. The van der Waals surface area contributed by atoms with Gasteiger partial charge in [0.1, 0.15) is 5.75 Å². The molecule has 1 aliphatic carbocycles. The Kier molecular flexibility index (Phi) is 9.46. The van der Waals surface area contributed by atoms with Crippen LogP contribution in [0.5, 0.6) is 5.75 Å². The van der Waals surface area contributed by atoms with Crippen LogP contribution in [0.1, 0.15) is 82.6 Å². The van der Waals surface area contributed by atoms with Crippen molar-refractivity contribution in [2.45, 2.75) is 89.5 Å². The van der Waals surface area contributed by atoms with E-state index in [-0.39, 0.29) is 5.91 Å². The molecule has 0 radical (unpaired) electrons. The number of ether oxygens (including phenoxy) is 1. The van der Waals surface area contributed by atoms with Gasteiger partial charge in [0.2, 0.25) is 5.91 Å². The van der Waals surface area contributed by atoms with Crippen LogP contribution in [-0.4, -0.2) is 19.1 Å². The van der Waals surface area contributed by atoms with Crippen LogP contribution < -0.4 is 10.1 Å². The van der Waals surface area contributed by atoms with Gasteiger partial charge < -0.3 is 10.1 Å². The van der Waals surface area contributed by atoms with Gasteiger partial charge in [0.05, 0.1) is 7.11 Å². The predicted molar refractivity (Wildman–Crippen MR) is 104 cm³/mol. The van der Waals surface area contributed by atoms with E-state index in [0.29, 0.717) is 12.5 Å². The van der Waals surface area contributed by atoms with Crippen molar-refractivity contribution in [3.63, 3.8) is 0 Å². The van der Waals surface area contributed by atoms with Crippen LogP contribution >= 0.6 is 0 Å². The number of amides is 1. The van der Waals surface area contributed by atoms with Gasteiger partial charge in [-0.1, -0.05) is 69.9 Å². The zero-order valence-electron chi connectivity index (χ0n) is 15.9. The molecular weight excluding hydrogens is 310 g/mol. The molecule has 140 valence electrons. The summed E-state index contributed by atoms with van der Waals surface area (Å²) in [6.07, 6.45) is 15.7. The number of carbonyl (C=O) groups excluding carboxylic acids is 1. The minimum Gasteiger partial charge on any atom is -0.497 e. The van der Waals surface area contributed by atoms with Crippen molar-refractivity contribution in [1.29, 1.82) is 0 Å². The van der Waals surface area contributed by atoms with E-state index in [1.807, 2.05) is 24.3 Å². The summed E-state index contributed by atoms with van der Waals surface area (Å²) in [5, 5.41) is 3.30. The maximum absolute atomic E-state index is 12.3. The monoisotopic (exact) mass is 345 g/mol. The molecule has 25 heavy (non-hydrogen) atoms. The topological polar surface area (TPSA) is 38.3 Å². The van der Waals surface area contributed by atoms with E-state index in [4.69, 9.17) is 4.74 Å². The lowest BCUT2D eigenvalue weighted by Crippen LogP contribution is -2.35. The summed E-state index contributed by atoms with van der Waals surface area (Å²) in [5.41, 5.74) is 1.19. The van der Waals surface area contributed by atoms with Crippen LogP contribution in [-0.2, 0) is 11.2 Å². The molecule has 0 spiro atoms. The summed E-state index contributed by atoms with van der Waals surface area (Å²) < 4.78 is 5.17. The number of carbonyl (C=O) groups is 1. The second-order valence-electron chi connectivity index (χ2n) is 7.37. The fourth-order valence-corrected chi connectivity index (χ4v) is 3.66. The SMILES string of the molecule is COc1ccc(CCC(=O)NC2CCCCCCCCCCC2)cc1. The van der Waals surface area contributed by atoms with Crippen molar-refractivity contribution >= 4 is 5.91 Å². The molecule has 3 nitrogen and oxygen atoms in total. The lowest BCUT2D eigenvalue weighted by molar-refractivity contribution is -0.121. The molecule has 1 aromatic carbocycles. The normalized spacial score (nSPS) is 18.0. The zero-order valence-corrected chi connectivity index (χ0v) is 15.9. The highest BCUT2D eigenvalue weighted by molar-refractivity contribution is 5.76. The number of aryl methyl sites for hydroxylation is 1. The van der Waals surface area contributed by atoms with E-state index in [2.05, 4.69) is 5.32 Å². The molecule has 0 aromatic heterocycles. The molecule has 0 aliphatic heterocycles. The zero-order chi connectivity index (χ0) is 17.7. The Hall–Kier alpha value is -1.51. The van der Waals surface area contributed by atoms with Gasteiger partial charge in [0.15, 0.2) is 0 Å². The number of benzene rings is 1. The average Bonchev–Trinajstić information content (AvgIpc) is 2.62. The first kappa shape index (κ1) is 19.8. The summed E-state index contributed by atoms with van der Waals surface area (Å²) in [4.78, 5) is 12.3. The second-order valence-corrected chi connectivity index (χ2v) is 7.37. The van der Waals surface area contributed by atoms with Gasteiger partial charge in [0.25, 0.3) is 0 Å². The lowest BCUT2D eigenvalue weighted by atomic mass is 9.97. The minimum absolute atomic E-state index is 0.202. The van der Waals surface area contributed by atoms with Gasteiger partial charge in [-0.05, 0) is 37.0 Å². The van der Waals surface area contributed by atoms with Crippen LogP contribution in [0, 0.1) is 0 Å². The van der Waals surface area contributed by atoms with Crippen LogP contribution in [0.3, 0.4) is 0 Å². The van der Waals surface area contributed by atoms with Crippen molar-refractivity contribution in [3.05, 3.63) is 29.8 Å². The van der Waals surface area contributed by atoms with Crippen molar-refractivity contribution in [3.8, 4) is 5.75 Å². The third-order valence-corrected chi connectivity index (χ3v) is 5.27. The molecule has 0 heterocycles. The molecule has 3 heteroatoms. The molecule has 2 rings (SSSR count). The summed E-state index contributed by atoms with van der Waals surface area (Å²) in [6, 6.07) is 8.38. The largest absolute Gasteiger partial charge is 0.497 e. The summed E-state index contributed by atoms with van der Waals surface area (Å²) in [6.45, 7) is 0. The predicted octanol–water partition coefficient (Wildman–Crippen LogP) is 5.42. The van der Waals surface area contributed by atoms with E-state index < -0.39 is 0 Å². The van der Waals surface area contributed by atoms with Crippen LogP contribution in [0.25, 0.3) is 0 Å². The van der Waals surface area contributed by atoms with Gasteiger partial charge in [-0.2, -0.15) is 0 Å². The van der Waals surface area contributed by atoms with E-state index in [9.17, 15) is 4.79 Å². The molecule has 1 aromatic rings. The average molecular weight is 346 g/mol. The summed E-state index contributed by atoms with van der Waals surface area (Å²) in [7, 11) is 1.67. The second kappa shape index (κ2) is 11.9. The van der Waals surface area contributed by atoms with Crippen molar-refractivity contribution in [2.24, 2.45) is 0 Å². The van der Waals surface area contributed by atoms with Crippen LogP contribution in [0.4, 0.5) is 0 Å². The maximum atomic E-state index is 12.3. The van der Waals surface area contributed by atoms with Gasteiger partial charge in [-0.25, -0.2) is 0 Å². The van der Waals surface area contributed by atoms with Crippen molar-refractivity contribution in [1.82, 2.24) is 5.32 Å². The van der Waals surface area contributed by atoms with Crippen molar-refractivity contribution in [2.75, 3.05) is 7.11 Å². The summed E-state index contributed by atoms with van der Waals surface area (Å²) >= 11 is 0. The van der Waals surface area contributed by atoms with Crippen LogP contribution in [0.15, 0.2) is 24.3 Å². The lowest BCUT2D eigenvalue weighted by Gasteiger charge is -2.19. The Morgan fingerprint density at radius 2 is 1.44 bits per heavy atom. The highest BCUT2D eigenvalue weighted by Crippen LogP contribution is 2.17. The van der Waals surface area contributed by atoms with E-state index in [0.717, 1.165) is 25.0 Å². The Morgan fingerprint density at radius 1 is 0.920 bits per heavy atom. The van der Waals surface area contributed by atoms with Crippen molar-refractivity contribution < 1.29 is 9.53 Å². The van der Waals surface area contributed by atoms with Gasteiger partial charge in [-0.15, -0.1) is 0 Å². The Morgan fingerprint density at radius 3 is 1.96 bits per heavy atom. The fourth-order valence-electron chi connectivity index (χ4n) is 3.66. The van der Waals surface area contributed by atoms with E-state index >= 15 is 0 Å². The fraction of sp³-hybridized carbons (Fsp3) is 0.682. The summed E-state index contributed by atoms with van der Waals surface area (Å²) in [5.74, 6) is 1.06. The molecule has 1 N–H and O–H groups in total. The first-order chi connectivity index (χ1) is 12.3. The quantitative estimate of drug-likeness (QED) is 0.774. The van der Waals surface area contributed by atoms with Gasteiger partial charge in [0, 0.05) is 12.5 Å². The smallest absolute Gasteiger partial charge is 0.220 e. The number of nitrogens with one attached hydrogen (secondary N) is 1. The van der Waals surface area contributed by atoms with Crippen LogP contribution in [0.2, 0.25) is 0 Å². The maximum Gasteiger partial charge on any atom is 0.220 e. The molecule has 1 amide bonds. The number of hydrogen-bond acceptors (Lipinski definition) is 2. The first-order valence-electron chi connectivity index (χ1n) is 10.2. The molecule has 0 bridgehead atoms. The molecule has 1 aliphatic rings. The molecule has 0 saturated heterocycles. The number of rotatable bonds is 5. The molecular formula is C22H35NO2. The Labute approximate surface area is 153 Å². The highest BCUT2D eigenvalue weighted by Gasteiger charge is 2.12. The minimum atomic E-state index is 0.202. The highest BCUT2D eigenvalue weighted by atomic mass is 16.5. The molecule has 1 saturated carbocycles. The van der Waals surface area contributed by atoms with Gasteiger partial charge >= 0.3 is 0 Å². The standard InChI is InChI=1S/C22H35NO2/c1-25-21-16-13-19(14-17-21)15-18-22(24)23-20-11-9-7-5-3-2-4-6-8-10-12-20/h13-14,16-17,20H,2-12,15,18H2,1H3,(H,23,24). The Balaban J connectivity index is 1.73. The third kappa shape index (κ3) is 8.42. The third-order valence-electron chi connectivity index (χ3n) is 5.27. The van der Waals surface area contributed by atoms with E-state index in [1.54, 1.807) is 7.11 Å². The number of methoxy groups -OCH3 is 1. The Bertz CT molecular complexity index is 471. The number of hydrogen-bond donors (Lipinski definition) is 1. The molecule has 0 atom stereocenters. The molecule has 1 fully saturated rings. The molecule has 0 unspecified atom stereocenters. The van der Waals surface area contributed by atoms with Gasteiger partial charge in [-0.3, -0.25) is 4.79 Å². The van der Waals surface area contributed by atoms with E-state index in [1.165, 1.54) is 63.4 Å².